The van der Waals surface area contributed by atoms with Crippen molar-refractivity contribution in [3.63, 3.8) is 0 Å². The van der Waals surface area contributed by atoms with E-state index in [0.717, 1.165) is 35.6 Å². The second-order valence-corrected chi connectivity index (χ2v) is 7.16. The molecule has 1 heteroatoms. The van der Waals surface area contributed by atoms with Crippen LogP contribution in [0.2, 0.25) is 0 Å². The highest BCUT2D eigenvalue weighted by Gasteiger charge is 2.38. The van der Waals surface area contributed by atoms with Gasteiger partial charge in [-0.25, -0.2) is 0 Å². The topological polar surface area (TPSA) is 12.0 Å². The van der Waals surface area contributed by atoms with E-state index in [4.69, 9.17) is 0 Å². The lowest BCUT2D eigenvalue weighted by atomic mass is 9.80. The van der Waals surface area contributed by atoms with Crippen molar-refractivity contribution in [2.45, 2.75) is 58.4 Å². The van der Waals surface area contributed by atoms with Crippen molar-refractivity contribution < 1.29 is 0 Å². The SMILES string of the molecule is CC1CCCCC1CNC(C)C1CC2C=CC1C2. The average molecular weight is 247 g/mol. The Balaban J connectivity index is 1.46. The molecule has 0 aromatic carbocycles. The van der Waals surface area contributed by atoms with Crippen LogP contribution < -0.4 is 5.32 Å². The molecule has 0 heterocycles. The van der Waals surface area contributed by atoms with Gasteiger partial charge in [-0.15, -0.1) is 0 Å². The number of hydrogen-bond donors (Lipinski definition) is 1. The minimum absolute atomic E-state index is 0.721. The first-order chi connectivity index (χ1) is 8.74. The Bertz CT molecular complexity index is 309. The van der Waals surface area contributed by atoms with Gasteiger partial charge in [0.25, 0.3) is 0 Å². The fourth-order valence-electron chi connectivity index (χ4n) is 4.58. The van der Waals surface area contributed by atoms with Gasteiger partial charge in [0.1, 0.15) is 0 Å². The fourth-order valence-corrected chi connectivity index (χ4v) is 4.58. The van der Waals surface area contributed by atoms with E-state index in [0.29, 0.717) is 0 Å². The predicted molar refractivity (Wildman–Crippen MR) is 77.4 cm³/mol. The van der Waals surface area contributed by atoms with Gasteiger partial charge in [0.2, 0.25) is 0 Å². The summed E-state index contributed by atoms with van der Waals surface area (Å²) in [6, 6.07) is 0.721. The van der Waals surface area contributed by atoms with Crippen molar-refractivity contribution in [1.82, 2.24) is 5.32 Å². The Morgan fingerprint density at radius 2 is 2.00 bits per heavy atom. The van der Waals surface area contributed by atoms with Crippen molar-refractivity contribution in [1.29, 1.82) is 0 Å². The van der Waals surface area contributed by atoms with Crippen molar-refractivity contribution in [2.75, 3.05) is 6.54 Å². The maximum absolute atomic E-state index is 3.88. The molecular weight excluding hydrogens is 218 g/mol. The molecular formula is C17H29N. The van der Waals surface area contributed by atoms with Crippen LogP contribution in [-0.4, -0.2) is 12.6 Å². The zero-order valence-electron chi connectivity index (χ0n) is 12.1. The Kier molecular flexibility index (Phi) is 3.79. The Morgan fingerprint density at radius 3 is 2.67 bits per heavy atom. The largest absolute Gasteiger partial charge is 0.314 e. The van der Waals surface area contributed by atoms with Crippen LogP contribution in [0.5, 0.6) is 0 Å². The third-order valence-electron chi connectivity index (χ3n) is 5.96. The van der Waals surface area contributed by atoms with E-state index in [9.17, 15) is 0 Å². The summed E-state index contributed by atoms with van der Waals surface area (Å²) in [6.45, 7) is 6.14. The zero-order chi connectivity index (χ0) is 12.5. The molecule has 0 spiro atoms. The first kappa shape index (κ1) is 12.7. The van der Waals surface area contributed by atoms with E-state index in [2.05, 4.69) is 31.3 Å². The van der Waals surface area contributed by atoms with E-state index >= 15 is 0 Å². The number of allylic oxidation sites excluding steroid dienone is 2. The highest BCUT2D eigenvalue weighted by Crippen LogP contribution is 2.44. The molecule has 0 radical (unpaired) electrons. The van der Waals surface area contributed by atoms with Gasteiger partial charge in [0.05, 0.1) is 0 Å². The number of fused-ring (bicyclic) bond motifs is 2. The quantitative estimate of drug-likeness (QED) is 0.740. The predicted octanol–water partition coefficient (Wildman–Crippen LogP) is 4.00. The molecule has 3 aliphatic rings. The highest BCUT2D eigenvalue weighted by molar-refractivity contribution is 5.11. The van der Waals surface area contributed by atoms with E-state index < -0.39 is 0 Å². The van der Waals surface area contributed by atoms with Crippen molar-refractivity contribution in [2.24, 2.45) is 29.6 Å². The lowest BCUT2D eigenvalue weighted by molar-refractivity contribution is 0.225. The summed E-state index contributed by atoms with van der Waals surface area (Å²) in [6.07, 6.45) is 13.7. The van der Waals surface area contributed by atoms with Crippen LogP contribution >= 0.6 is 0 Å². The molecule has 0 aromatic heterocycles. The minimum atomic E-state index is 0.721. The smallest absolute Gasteiger partial charge is 0.00729 e. The molecule has 1 N–H and O–H groups in total. The van der Waals surface area contributed by atoms with E-state index in [-0.39, 0.29) is 0 Å². The fraction of sp³-hybridized carbons (Fsp3) is 0.882. The van der Waals surface area contributed by atoms with Gasteiger partial charge in [-0.3, -0.25) is 0 Å². The minimum Gasteiger partial charge on any atom is -0.314 e. The lowest BCUT2D eigenvalue weighted by Crippen LogP contribution is -2.40. The third-order valence-corrected chi connectivity index (χ3v) is 5.96. The first-order valence-electron chi connectivity index (χ1n) is 8.15. The summed E-state index contributed by atoms with van der Waals surface area (Å²) in [5, 5.41) is 3.88. The third kappa shape index (κ3) is 2.52. The summed E-state index contributed by atoms with van der Waals surface area (Å²) in [5.74, 6) is 4.60. The molecule has 2 saturated carbocycles. The monoisotopic (exact) mass is 247 g/mol. The molecule has 3 aliphatic carbocycles. The molecule has 6 unspecified atom stereocenters. The second-order valence-electron chi connectivity index (χ2n) is 7.16. The van der Waals surface area contributed by atoms with E-state index in [1.807, 2.05) is 0 Å². The summed E-state index contributed by atoms with van der Waals surface area (Å²) in [7, 11) is 0. The van der Waals surface area contributed by atoms with Crippen LogP contribution in [0.3, 0.4) is 0 Å². The van der Waals surface area contributed by atoms with Gasteiger partial charge >= 0.3 is 0 Å². The van der Waals surface area contributed by atoms with Crippen LogP contribution in [0.25, 0.3) is 0 Å². The maximum Gasteiger partial charge on any atom is 0.00729 e. The van der Waals surface area contributed by atoms with Crippen LogP contribution in [0.4, 0.5) is 0 Å². The summed E-state index contributed by atoms with van der Waals surface area (Å²) < 4.78 is 0. The molecule has 2 fully saturated rings. The molecule has 2 bridgehead atoms. The number of nitrogens with one attached hydrogen (secondary N) is 1. The number of rotatable bonds is 4. The highest BCUT2D eigenvalue weighted by atomic mass is 14.9. The molecule has 0 saturated heterocycles. The molecule has 0 aliphatic heterocycles. The van der Waals surface area contributed by atoms with Crippen molar-refractivity contribution in [3.05, 3.63) is 12.2 Å². The van der Waals surface area contributed by atoms with E-state index in [1.54, 1.807) is 0 Å². The van der Waals surface area contributed by atoms with Crippen molar-refractivity contribution >= 4 is 0 Å². The molecule has 1 nitrogen and oxygen atoms in total. The summed E-state index contributed by atoms with van der Waals surface area (Å²) in [4.78, 5) is 0. The van der Waals surface area contributed by atoms with Crippen LogP contribution in [-0.2, 0) is 0 Å². The lowest BCUT2D eigenvalue weighted by Gasteiger charge is -2.32. The van der Waals surface area contributed by atoms with Crippen LogP contribution in [0.15, 0.2) is 12.2 Å². The van der Waals surface area contributed by atoms with Gasteiger partial charge in [-0.05, 0) is 62.3 Å². The van der Waals surface area contributed by atoms with Crippen LogP contribution in [0.1, 0.15) is 52.4 Å². The first-order valence-corrected chi connectivity index (χ1v) is 8.15. The summed E-state index contributed by atoms with van der Waals surface area (Å²) >= 11 is 0. The van der Waals surface area contributed by atoms with Gasteiger partial charge in [-0.2, -0.15) is 0 Å². The molecule has 102 valence electrons. The normalized spacial score (nSPS) is 44.4. The van der Waals surface area contributed by atoms with Crippen molar-refractivity contribution in [3.8, 4) is 0 Å². The number of hydrogen-bond acceptors (Lipinski definition) is 1. The molecule has 18 heavy (non-hydrogen) atoms. The second kappa shape index (κ2) is 5.36. The maximum atomic E-state index is 3.88. The molecule has 0 aromatic rings. The van der Waals surface area contributed by atoms with Gasteiger partial charge < -0.3 is 5.32 Å². The van der Waals surface area contributed by atoms with E-state index in [1.165, 1.54) is 45.1 Å². The molecule has 0 amide bonds. The zero-order valence-corrected chi connectivity index (χ0v) is 12.1. The standard InChI is InChI=1S/C17H29N/c1-12-5-3-4-6-16(12)11-18-13(2)17-10-14-7-8-15(17)9-14/h7-8,12-18H,3-6,9-11H2,1-2H3. The van der Waals surface area contributed by atoms with Crippen LogP contribution in [0, 0.1) is 29.6 Å². The Morgan fingerprint density at radius 1 is 1.17 bits per heavy atom. The average Bonchev–Trinajstić information content (AvgIpc) is 2.99. The summed E-state index contributed by atoms with van der Waals surface area (Å²) in [5.41, 5.74) is 0. The molecule has 3 rings (SSSR count). The van der Waals surface area contributed by atoms with Gasteiger partial charge in [0, 0.05) is 6.04 Å². The molecule has 6 atom stereocenters. The Labute approximate surface area is 112 Å². The van der Waals surface area contributed by atoms with Gasteiger partial charge in [-0.1, -0.05) is 38.3 Å². The Hall–Kier alpha value is -0.300. The van der Waals surface area contributed by atoms with Gasteiger partial charge in [0.15, 0.2) is 0 Å².